The number of hydrogen-bond acceptors (Lipinski definition) is 10. The van der Waals surface area contributed by atoms with Crippen molar-refractivity contribution >= 4 is 58.5 Å². The first-order valence-electron chi connectivity index (χ1n) is 23.5. The third-order valence-electron chi connectivity index (χ3n) is 12.9. The molecule has 6 N–H and O–H groups in total. The fourth-order valence-corrected chi connectivity index (χ4v) is 9.67. The Balaban J connectivity index is 1.06. The van der Waals surface area contributed by atoms with Gasteiger partial charge in [-0.15, -0.1) is 0 Å². The summed E-state index contributed by atoms with van der Waals surface area (Å²) in [5.41, 5.74) is 7.72. The second kappa shape index (κ2) is 21.3. The summed E-state index contributed by atoms with van der Waals surface area (Å²) in [4.78, 5) is 124. The van der Waals surface area contributed by atoms with Crippen LogP contribution in [-0.2, 0) is 51.8 Å². The molecule has 3 saturated heterocycles. The third-order valence-corrected chi connectivity index (χ3v) is 12.9. The Hall–Kier alpha value is -7.31. The Morgan fingerprint density at radius 3 is 2.16 bits per heavy atom. The smallest absolute Gasteiger partial charge is 0.408 e. The summed E-state index contributed by atoms with van der Waals surface area (Å²) in [6.07, 6.45) is 0.902. The number of rotatable bonds is 15. The number of ether oxygens (including phenoxy) is 1. The Labute approximate surface area is 399 Å². The Kier molecular flexibility index (Phi) is 15.3. The largest absolute Gasteiger partial charge is 0.444 e. The molecular weight excluding hydrogens is 887 g/mol. The van der Waals surface area contributed by atoms with Crippen LogP contribution in [0.3, 0.4) is 0 Å². The molecule has 1 unspecified atom stereocenters. The number of aromatic nitrogens is 2. The number of nitrogens with one attached hydrogen (secondary N) is 4. The number of benzene rings is 3. The van der Waals surface area contributed by atoms with Crippen molar-refractivity contribution in [1.82, 2.24) is 40.2 Å². The quantitative estimate of drug-likeness (QED) is 0.109. The fourth-order valence-electron chi connectivity index (χ4n) is 9.67. The second-order valence-corrected chi connectivity index (χ2v) is 19.0. The van der Waals surface area contributed by atoms with Gasteiger partial charge in [0, 0.05) is 38.9 Å². The van der Waals surface area contributed by atoms with E-state index in [9.17, 15) is 43.2 Å². The van der Waals surface area contributed by atoms with E-state index in [1.54, 1.807) is 44.9 Å². The van der Waals surface area contributed by atoms with Gasteiger partial charge in [0.05, 0.1) is 23.6 Å². The van der Waals surface area contributed by atoms with E-state index in [4.69, 9.17) is 10.5 Å². The van der Waals surface area contributed by atoms with E-state index in [0.717, 1.165) is 16.7 Å². The number of para-hydroxylation sites is 1. The van der Waals surface area contributed by atoms with E-state index < -0.39 is 83.2 Å². The van der Waals surface area contributed by atoms with Crippen LogP contribution in [0, 0.1) is 0 Å². The maximum absolute atomic E-state index is 14.7. The van der Waals surface area contributed by atoms with Crippen molar-refractivity contribution in [3.05, 3.63) is 106 Å². The van der Waals surface area contributed by atoms with Crippen molar-refractivity contribution in [2.24, 2.45) is 12.8 Å². The molecule has 8 amide bonds. The van der Waals surface area contributed by atoms with E-state index in [1.807, 2.05) is 66.7 Å². The number of piperidine rings is 1. The molecule has 3 aliphatic heterocycles. The van der Waals surface area contributed by atoms with Crippen molar-refractivity contribution in [2.45, 2.75) is 127 Å². The monoisotopic (exact) mass is 947 g/mol. The molecule has 0 radical (unpaired) electrons. The molecule has 7 rings (SSSR count). The number of fused-ring (bicyclic) bond motifs is 2. The van der Waals surface area contributed by atoms with Crippen LogP contribution in [0.1, 0.15) is 107 Å². The number of nitrogens with two attached hydrogens (primary N) is 1. The minimum atomic E-state index is -1.30. The summed E-state index contributed by atoms with van der Waals surface area (Å²) in [5.74, 6) is -3.62. The van der Waals surface area contributed by atoms with Gasteiger partial charge in [-0.3, -0.25) is 48.0 Å². The minimum Gasteiger partial charge on any atom is -0.444 e. The van der Waals surface area contributed by atoms with Gasteiger partial charge in [-0.2, -0.15) is 0 Å². The average molecular weight is 948 g/mol. The number of hydrogen-bond donors (Lipinski definition) is 5. The molecule has 366 valence electrons. The highest BCUT2D eigenvalue weighted by Crippen LogP contribution is 2.31. The van der Waals surface area contributed by atoms with Crippen LogP contribution < -0.4 is 32.7 Å². The van der Waals surface area contributed by atoms with Gasteiger partial charge in [0.2, 0.25) is 41.4 Å². The first-order valence-corrected chi connectivity index (χ1v) is 23.5. The van der Waals surface area contributed by atoms with Crippen LogP contribution in [0.4, 0.5) is 4.79 Å². The summed E-state index contributed by atoms with van der Waals surface area (Å²) >= 11 is 0. The Bertz CT molecular complexity index is 2620. The zero-order valence-corrected chi connectivity index (χ0v) is 39.4. The van der Waals surface area contributed by atoms with Gasteiger partial charge in [0.15, 0.2) is 0 Å². The highest BCUT2D eigenvalue weighted by atomic mass is 16.6. The second-order valence-electron chi connectivity index (χ2n) is 19.0. The Morgan fingerprint density at radius 1 is 0.841 bits per heavy atom. The SMILES string of the molecule is Cn1c(=O)n(C2CCC(=O)NC2=O)c2cccc(CCCC(=O)N3CC[C@H]4CC[C@@H](C(=O)N[C@@H](CCC(N)=O)C(=O)NC(c5ccccc5)c5ccccc5)N4C(=O)[C@@H](NC(=O)OC(C)(C)C)C3)c21. The normalized spacial score (nSPS) is 20.1. The summed E-state index contributed by atoms with van der Waals surface area (Å²) in [5, 5.41) is 10.9. The maximum Gasteiger partial charge on any atom is 0.408 e. The van der Waals surface area contributed by atoms with Crippen molar-refractivity contribution in [2.75, 3.05) is 13.1 Å². The third kappa shape index (κ3) is 11.7. The molecule has 0 aliphatic carbocycles. The highest BCUT2D eigenvalue weighted by Gasteiger charge is 2.46. The Morgan fingerprint density at radius 2 is 1.52 bits per heavy atom. The molecule has 69 heavy (non-hydrogen) atoms. The van der Waals surface area contributed by atoms with E-state index in [2.05, 4.69) is 21.3 Å². The summed E-state index contributed by atoms with van der Waals surface area (Å²) in [6, 6.07) is 18.5. The number of imide groups is 1. The van der Waals surface area contributed by atoms with Crippen molar-refractivity contribution in [3.63, 3.8) is 0 Å². The van der Waals surface area contributed by atoms with Crippen LogP contribution in [0.2, 0.25) is 0 Å². The molecule has 5 atom stereocenters. The van der Waals surface area contributed by atoms with E-state index in [0.29, 0.717) is 36.7 Å². The molecule has 3 aromatic carbocycles. The molecule has 1 aromatic heterocycles. The van der Waals surface area contributed by atoms with Crippen LogP contribution in [0.25, 0.3) is 11.0 Å². The predicted octanol–water partition coefficient (Wildman–Crippen LogP) is 2.78. The summed E-state index contributed by atoms with van der Waals surface area (Å²) in [6.45, 7) is 5.02. The molecular formula is C50H61N9O10. The lowest BCUT2D eigenvalue weighted by molar-refractivity contribution is -0.146. The molecule has 3 fully saturated rings. The number of nitrogens with zero attached hydrogens (tertiary/aromatic N) is 4. The summed E-state index contributed by atoms with van der Waals surface area (Å²) in [7, 11) is 1.62. The van der Waals surface area contributed by atoms with Gasteiger partial charge in [-0.05, 0) is 88.5 Å². The summed E-state index contributed by atoms with van der Waals surface area (Å²) < 4.78 is 8.41. The maximum atomic E-state index is 14.7. The molecule has 19 nitrogen and oxygen atoms in total. The van der Waals surface area contributed by atoms with Crippen molar-refractivity contribution < 1.29 is 43.1 Å². The molecule has 4 heterocycles. The van der Waals surface area contributed by atoms with Crippen LogP contribution in [0.15, 0.2) is 83.7 Å². The number of aryl methyl sites for hydroxylation is 2. The van der Waals surface area contributed by atoms with Gasteiger partial charge < -0.3 is 36.2 Å². The lowest BCUT2D eigenvalue weighted by Crippen LogP contribution is -2.62. The number of alkyl carbamates (subject to hydrolysis) is 1. The minimum absolute atomic E-state index is 0.0646. The van der Waals surface area contributed by atoms with Gasteiger partial charge in [0.25, 0.3) is 0 Å². The van der Waals surface area contributed by atoms with Crippen LogP contribution in [-0.4, -0.2) is 109 Å². The van der Waals surface area contributed by atoms with E-state index in [1.165, 1.54) is 14.0 Å². The van der Waals surface area contributed by atoms with E-state index >= 15 is 0 Å². The molecule has 3 aliphatic rings. The molecule has 0 spiro atoms. The van der Waals surface area contributed by atoms with Crippen LogP contribution >= 0.6 is 0 Å². The lowest BCUT2D eigenvalue weighted by atomic mass is 9.98. The first kappa shape index (κ1) is 49.6. The topological polar surface area (TPSA) is 253 Å². The number of amides is 8. The van der Waals surface area contributed by atoms with Crippen molar-refractivity contribution in [3.8, 4) is 0 Å². The van der Waals surface area contributed by atoms with Gasteiger partial charge in [-0.25, -0.2) is 9.59 Å². The van der Waals surface area contributed by atoms with Crippen LogP contribution in [0.5, 0.6) is 0 Å². The standard InChI is InChI=1S/C50H61N9O10/c1-50(2,3)69-48(67)53-35-29-57(41(62)20-12-18-32-17-11-19-36-43(32)56(4)49(68)59(36)38-24-26-40(61)54-46(38)65)28-27-33-21-23-37(58(33)47(35)66)45(64)52-34(22-25-39(51)60)44(63)55-42(30-13-7-5-8-14-30)31-15-9-6-10-16-31/h5-11,13-17,19,33-35,37-38,42H,12,18,20-29H2,1-4H3,(H2,51,60)(H,52,64)(H,53,67)(H,55,63)(H,54,61,65)/t33-,34+,35+,37+,38?/m1/s1. The van der Waals surface area contributed by atoms with Gasteiger partial charge in [0.1, 0.15) is 29.8 Å². The van der Waals surface area contributed by atoms with Gasteiger partial charge >= 0.3 is 11.8 Å². The predicted molar refractivity (Wildman–Crippen MR) is 253 cm³/mol. The number of carbonyl (C=O) groups excluding carboxylic acids is 8. The zero-order chi connectivity index (χ0) is 49.6. The number of carbonyl (C=O) groups is 8. The van der Waals surface area contributed by atoms with Gasteiger partial charge in [-0.1, -0.05) is 72.8 Å². The molecule has 19 heteroatoms. The number of primary amides is 1. The van der Waals surface area contributed by atoms with Crippen molar-refractivity contribution in [1.29, 1.82) is 0 Å². The molecule has 0 saturated carbocycles. The average Bonchev–Trinajstić information content (AvgIpc) is 3.84. The molecule has 0 bridgehead atoms. The fraction of sp³-hybridized carbons (Fsp3) is 0.460. The lowest BCUT2D eigenvalue weighted by Gasteiger charge is -2.39. The molecule has 4 aromatic rings. The zero-order valence-electron chi connectivity index (χ0n) is 39.4. The number of imidazole rings is 1. The first-order chi connectivity index (χ1) is 32.9. The highest BCUT2D eigenvalue weighted by molar-refractivity contribution is 6.00. The van der Waals surface area contributed by atoms with E-state index in [-0.39, 0.29) is 63.4 Å².